The van der Waals surface area contributed by atoms with E-state index in [1.54, 1.807) is 10.9 Å². The van der Waals surface area contributed by atoms with Crippen LogP contribution in [0.3, 0.4) is 0 Å². The maximum absolute atomic E-state index is 9.96. The average Bonchev–Trinajstić information content (AvgIpc) is 3.24. The van der Waals surface area contributed by atoms with Crippen molar-refractivity contribution in [2.45, 2.75) is 49.7 Å². The summed E-state index contributed by atoms with van der Waals surface area (Å²) in [6, 6.07) is 5.49. The minimum atomic E-state index is -1.39. The number of aliphatic hydroxyl groups excluding tert-OH is 4. The van der Waals surface area contributed by atoms with Gasteiger partial charge in [-0.15, -0.1) is 4.68 Å². The Hall–Kier alpha value is -1.90. The molecule has 172 valence electrons. The van der Waals surface area contributed by atoms with E-state index in [9.17, 15) is 20.4 Å². The van der Waals surface area contributed by atoms with Crippen molar-refractivity contribution in [3.8, 4) is 0 Å². The van der Waals surface area contributed by atoms with E-state index in [0.717, 1.165) is 5.69 Å². The third kappa shape index (κ3) is 7.05. The van der Waals surface area contributed by atoms with Crippen molar-refractivity contribution in [1.82, 2.24) is 10.3 Å². The van der Waals surface area contributed by atoms with Gasteiger partial charge in [0.2, 0.25) is 12.8 Å². The van der Waals surface area contributed by atoms with Gasteiger partial charge < -0.3 is 34.6 Å². The Balaban J connectivity index is 1.26. The third-order valence-electron chi connectivity index (χ3n) is 4.85. The summed E-state index contributed by atoms with van der Waals surface area (Å²) in [6.07, 6.45) is -1.71. The lowest BCUT2D eigenvalue weighted by atomic mass is 9.98. The molecule has 1 aromatic rings. The largest absolute Gasteiger partial charge is 0.394 e. The maximum atomic E-state index is 9.96. The van der Waals surface area contributed by atoms with E-state index in [0.29, 0.717) is 32.8 Å². The lowest BCUT2D eigenvalue weighted by Gasteiger charge is -2.40. The number of ether oxygens (including phenoxy) is 3. The van der Waals surface area contributed by atoms with Gasteiger partial charge in [-0.2, -0.15) is 0 Å². The fourth-order valence-corrected chi connectivity index (χ4v) is 3.15. The highest BCUT2D eigenvalue weighted by molar-refractivity contribution is 5.59. The summed E-state index contributed by atoms with van der Waals surface area (Å²) >= 11 is 0. The van der Waals surface area contributed by atoms with Gasteiger partial charge in [0.25, 0.3) is 0 Å². The maximum Gasteiger partial charge on any atom is 0.245 e. The van der Waals surface area contributed by atoms with Crippen LogP contribution in [0.1, 0.15) is 12.1 Å². The molecule has 1 saturated heterocycles. The minimum absolute atomic E-state index is 0.167. The smallest absolute Gasteiger partial charge is 0.245 e. The van der Waals surface area contributed by atoms with Crippen LogP contribution in [0.25, 0.3) is 0 Å². The first-order valence-electron chi connectivity index (χ1n) is 10.2. The van der Waals surface area contributed by atoms with Gasteiger partial charge >= 0.3 is 0 Å². The van der Waals surface area contributed by atoms with Gasteiger partial charge in [-0.25, -0.2) is 0 Å². The Morgan fingerprint density at radius 3 is 2.77 bits per heavy atom. The zero-order chi connectivity index (χ0) is 22.1. The molecule has 2 aliphatic rings. The first-order chi connectivity index (χ1) is 15.1. The van der Waals surface area contributed by atoms with Crippen LogP contribution in [0.2, 0.25) is 0 Å². The van der Waals surface area contributed by atoms with Crippen molar-refractivity contribution in [2.75, 3.05) is 33.1 Å². The fourth-order valence-electron chi connectivity index (χ4n) is 3.15. The van der Waals surface area contributed by atoms with E-state index in [4.69, 9.17) is 14.2 Å². The van der Waals surface area contributed by atoms with Crippen LogP contribution in [-0.2, 0) is 20.8 Å². The van der Waals surface area contributed by atoms with Crippen LogP contribution >= 0.6 is 0 Å². The lowest BCUT2D eigenvalue weighted by Crippen LogP contribution is -2.62. The molecule has 6 unspecified atom stereocenters. The molecule has 0 bridgehead atoms. The number of aromatic nitrogens is 1. The molecule has 1 fully saturated rings. The number of nitrogens with one attached hydrogen (secondary N) is 1. The quantitative estimate of drug-likeness (QED) is 0.186. The summed E-state index contributed by atoms with van der Waals surface area (Å²) in [5.41, 5.74) is 0.856. The molecule has 0 amide bonds. The zero-order valence-corrected chi connectivity index (χ0v) is 17.1. The second kappa shape index (κ2) is 12.2. The summed E-state index contributed by atoms with van der Waals surface area (Å²) in [4.78, 5) is 4.19. The van der Waals surface area contributed by atoms with E-state index < -0.39 is 37.3 Å². The number of rotatable bonds is 12. The topological polar surface area (TPSA) is 161 Å². The third-order valence-corrected chi connectivity index (χ3v) is 4.85. The second-order valence-corrected chi connectivity index (χ2v) is 7.29. The van der Waals surface area contributed by atoms with Crippen molar-refractivity contribution < 1.29 is 39.3 Å². The normalized spacial score (nSPS) is 30.5. The number of pyridine rings is 1. The van der Waals surface area contributed by atoms with Crippen LogP contribution in [0.4, 0.5) is 0 Å². The predicted octanol–water partition coefficient (Wildman–Crippen LogP) is -1.82. The molecule has 2 aliphatic heterocycles. The van der Waals surface area contributed by atoms with Crippen molar-refractivity contribution >= 4 is 6.21 Å². The molecule has 0 saturated carbocycles. The van der Waals surface area contributed by atoms with E-state index in [1.807, 2.05) is 24.4 Å². The molecule has 0 aromatic carbocycles. The van der Waals surface area contributed by atoms with E-state index >= 15 is 0 Å². The lowest BCUT2D eigenvalue weighted by molar-refractivity contribution is -0.572. The van der Waals surface area contributed by atoms with Gasteiger partial charge in [-0.1, -0.05) is 6.07 Å². The Morgan fingerprint density at radius 2 is 2.00 bits per heavy atom. The second-order valence-electron chi connectivity index (χ2n) is 7.29. The number of hydrogen-bond donors (Lipinski definition) is 5. The van der Waals surface area contributed by atoms with Crippen LogP contribution < -0.4 is 5.32 Å². The summed E-state index contributed by atoms with van der Waals surface area (Å²) in [7, 11) is 0. The Kier molecular flexibility index (Phi) is 9.36. The van der Waals surface area contributed by atoms with Crippen molar-refractivity contribution in [1.29, 1.82) is 0 Å². The zero-order valence-electron chi connectivity index (χ0n) is 17.1. The summed E-state index contributed by atoms with van der Waals surface area (Å²) < 4.78 is 18.1. The van der Waals surface area contributed by atoms with E-state index in [-0.39, 0.29) is 12.8 Å². The average molecular weight is 440 g/mol. The summed E-state index contributed by atoms with van der Waals surface area (Å²) in [5, 5.41) is 49.7. The van der Waals surface area contributed by atoms with Crippen LogP contribution in [0.15, 0.2) is 34.7 Å². The van der Waals surface area contributed by atoms with Crippen LogP contribution in [0, 0.1) is 0 Å². The molecule has 3 rings (SSSR count). The van der Waals surface area contributed by atoms with Gasteiger partial charge in [0, 0.05) is 11.3 Å². The van der Waals surface area contributed by atoms with Crippen molar-refractivity contribution in [3.05, 3.63) is 30.1 Å². The molecule has 3 heterocycles. The highest BCUT2D eigenvalue weighted by Gasteiger charge is 2.43. The first-order valence-corrected chi connectivity index (χ1v) is 10.2. The van der Waals surface area contributed by atoms with Gasteiger partial charge in [0.15, 0.2) is 0 Å². The van der Waals surface area contributed by atoms with Crippen LogP contribution in [0.5, 0.6) is 0 Å². The summed E-state index contributed by atoms with van der Waals surface area (Å²) in [5.74, 6) is 0. The molecule has 1 aromatic heterocycles. The van der Waals surface area contributed by atoms with E-state index in [2.05, 4.69) is 20.6 Å². The first kappa shape index (κ1) is 23.8. The van der Waals surface area contributed by atoms with Gasteiger partial charge in [0.1, 0.15) is 48.7 Å². The molecule has 0 radical (unpaired) electrons. The minimum Gasteiger partial charge on any atom is -0.394 e. The molecule has 0 spiro atoms. The van der Waals surface area contributed by atoms with Crippen LogP contribution in [-0.4, -0.2) is 106 Å². The molecule has 31 heavy (non-hydrogen) atoms. The molecule has 12 nitrogen and oxygen atoms in total. The Labute approximate surface area is 179 Å². The molecular formula is C19H30N5O7+. The van der Waals surface area contributed by atoms with Gasteiger partial charge in [0.05, 0.1) is 25.5 Å². The molecule has 6 atom stereocenters. The molecule has 5 N–H and O–H groups in total. The van der Waals surface area contributed by atoms with Crippen molar-refractivity contribution in [3.63, 3.8) is 0 Å². The van der Waals surface area contributed by atoms with Gasteiger partial charge in [-0.3, -0.25) is 10.3 Å². The predicted molar refractivity (Wildman–Crippen MR) is 106 cm³/mol. The SMILES string of the molecule is OCC1OC(NCCCOC[N+]2=CC(COCc3ccccn3)N=N2)C(O)C(O)C1O. The number of hydrogen-bond acceptors (Lipinski definition) is 11. The number of nitrogens with zero attached hydrogens (tertiary/aromatic N) is 4. The Morgan fingerprint density at radius 1 is 1.13 bits per heavy atom. The number of aliphatic hydroxyl groups is 4. The van der Waals surface area contributed by atoms with Gasteiger partial charge in [-0.05, 0) is 25.1 Å². The molecular weight excluding hydrogens is 410 g/mol. The highest BCUT2D eigenvalue weighted by atomic mass is 16.6. The molecule has 0 aliphatic carbocycles. The highest BCUT2D eigenvalue weighted by Crippen LogP contribution is 2.19. The molecule has 12 heteroatoms. The van der Waals surface area contributed by atoms with E-state index in [1.165, 1.54) is 0 Å². The Bertz CT molecular complexity index is 721. The standard InChI is InChI=1S/C19H30N5O7/c25-9-15-16(26)17(27)18(28)19(31-15)21-6-3-7-29-12-24-8-14(22-23-24)11-30-10-13-4-1-2-5-20-13/h1-2,4-5,8,14-19,21,25-28H,3,6-7,9-12H2/q+1. The fraction of sp³-hybridized carbons (Fsp3) is 0.684. The van der Waals surface area contributed by atoms with Crippen molar-refractivity contribution in [2.24, 2.45) is 10.3 Å². The summed E-state index contributed by atoms with van der Waals surface area (Å²) in [6.45, 7) is 1.48. The monoisotopic (exact) mass is 440 g/mol.